The predicted octanol–water partition coefficient (Wildman–Crippen LogP) is 11.0. The van der Waals surface area contributed by atoms with Gasteiger partial charge in [-0.3, -0.25) is 14.4 Å². The van der Waals surface area contributed by atoms with Gasteiger partial charge < -0.3 is 15.7 Å². The van der Waals surface area contributed by atoms with Crippen LogP contribution in [0.5, 0.6) is 0 Å². The third kappa shape index (κ3) is 33.3. The second-order valence-electron chi connectivity index (χ2n) is 13.3. The molecule has 0 radical (unpaired) electrons. The molecule has 0 heterocycles. The van der Waals surface area contributed by atoms with Crippen LogP contribution in [-0.4, -0.2) is 35.5 Å². The zero-order valence-electron chi connectivity index (χ0n) is 29.8. The van der Waals surface area contributed by atoms with E-state index in [4.69, 9.17) is 5.11 Å². The van der Waals surface area contributed by atoms with E-state index in [2.05, 4.69) is 36.6 Å². The van der Waals surface area contributed by atoms with Crippen LogP contribution in [0, 0.1) is 0 Å². The summed E-state index contributed by atoms with van der Waals surface area (Å²) >= 11 is 0. The molecule has 0 aliphatic carbocycles. The Kier molecular flexibility index (Phi) is 33.6. The summed E-state index contributed by atoms with van der Waals surface area (Å²) in [7, 11) is 0. The van der Waals surface area contributed by atoms with Crippen LogP contribution in [0.3, 0.4) is 0 Å². The van der Waals surface area contributed by atoms with Gasteiger partial charge in [-0.1, -0.05) is 161 Å². The number of hydrogen-bond acceptors (Lipinski definition) is 3. The summed E-state index contributed by atoms with van der Waals surface area (Å²) in [6, 6.07) is -0.775. The van der Waals surface area contributed by atoms with E-state index in [0.717, 1.165) is 38.5 Å². The number of carbonyl (C=O) groups excluding carboxylic acids is 2. The number of rotatable bonds is 35. The number of amides is 2. The Labute approximate surface area is 278 Å². The number of nitrogens with one attached hydrogen (secondary N) is 2. The van der Waals surface area contributed by atoms with Gasteiger partial charge in [0.05, 0.1) is 0 Å². The zero-order valence-corrected chi connectivity index (χ0v) is 29.8. The van der Waals surface area contributed by atoms with Crippen LogP contribution in [0.25, 0.3) is 0 Å². The van der Waals surface area contributed by atoms with Crippen LogP contribution in [0.1, 0.15) is 206 Å². The molecule has 0 unspecified atom stereocenters. The summed E-state index contributed by atoms with van der Waals surface area (Å²) in [5.74, 6) is -1.37. The largest absolute Gasteiger partial charge is 0.481 e. The van der Waals surface area contributed by atoms with E-state index in [9.17, 15) is 14.4 Å². The summed E-state index contributed by atoms with van der Waals surface area (Å²) < 4.78 is 0. The number of carbonyl (C=O) groups is 3. The Balaban J connectivity index is 3.87. The Hall–Kier alpha value is -1.85. The molecule has 45 heavy (non-hydrogen) atoms. The van der Waals surface area contributed by atoms with Crippen LogP contribution >= 0.6 is 0 Å². The fourth-order valence-electron chi connectivity index (χ4n) is 5.81. The fraction of sp³-hybridized carbons (Fsp3) is 0.872. The van der Waals surface area contributed by atoms with E-state index >= 15 is 0 Å². The van der Waals surface area contributed by atoms with E-state index in [-0.39, 0.29) is 24.7 Å². The Bertz CT molecular complexity index is 709. The highest BCUT2D eigenvalue weighted by molar-refractivity contribution is 5.87. The second-order valence-corrected chi connectivity index (χ2v) is 13.3. The van der Waals surface area contributed by atoms with Crippen molar-refractivity contribution in [2.24, 2.45) is 0 Å². The predicted molar refractivity (Wildman–Crippen MR) is 192 cm³/mol. The average Bonchev–Trinajstić information content (AvgIpc) is 3.02. The smallest absolute Gasteiger partial charge is 0.303 e. The van der Waals surface area contributed by atoms with Crippen LogP contribution < -0.4 is 10.6 Å². The van der Waals surface area contributed by atoms with Gasteiger partial charge in [-0.15, -0.1) is 0 Å². The highest BCUT2D eigenvalue weighted by Gasteiger charge is 2.21. The number of allylic oxidation sites excluding steroid dienone is 2. The number of unbranched alkanes of at least 4 members (excludes halogenated alkanes) is 24. The van der Waals surface area contributed by atoms with Gasteiger partial charge in [-0.2, -0.15) is 0 Å². The molecule has 0 aromatic heterocycles. The van der Waals surface area contributed by atoms with Crippen molar-refractivity contribution in [2.45, 2.75) is 213 Å². The molecule has 0 saturated carbocycles. The van der Waals surface area contributed by atoms with Gasteiger partial charge in [0.1, 0.15) is 6.04 Å². The summed E-state index contributed by atoms with van der Waals surface area (Å²) in [4.78, 5) is 36.3. The molecule has 0 bridgehead atoms. The molecule has 0 aromatic rings. The molecule has 6 heteroatoms. The van der Waals surface area contributed by atoms with Crippen molar-refractivity contribution in [3.63, 3.8) is 0 Å². The van der Waals surface area contributed by atoms with Crippen molar-refractivity contribution in [1.29, 1.82) is 0 Å². The quantitative estimate of drug-likeness (QED) is 0.0477. The van der Waals surface area contributed by atoms with E-state index in [1.165, 1.54) is 135 Å². The minimum atomic E-state index is -0.953. The first-order valence-electron chi connectivity index (χ1n) is 19.4. The summed E-state index contributed by atoms with van der Waals surface area (Å²) in [5.41, 5.74) is 0. The average molecular weight is 635 g/mol. The van der Waals surface area contributed by atoms with E-state index in [1.807, 2.05) is 0 Å². The summed E-state index contributed by atoms with van der Waals surface area (Å²) in [6.07, 6.45) is 38.7. The van der Waals surface area contributed by atoms with Gasteiger partial charge in [0.15, 0.2) is 0 Å². The first kappa shape index (κ1) is 43.1. The van der Waals surface area contributed by atoms with Crippen LogP contribution in [0.15, 0.2) is 12.2 Å². The fourth-order valence-corrected chi connectivity index (χ4v) is 5.81. The highest BCUT2D eigenvalue weighted by Crippen LogP contribution is 2.13. The van der Waals surface area contributed by atoms with Crippen molar-refractivity contribution in [3.8, 4) is 0 Å². The molecule has 3 N–H and O–H groups in total. The third-order valence-corrected chi connectivity index (χ3v) is 8.79. The molecular formula is C39H74N2O4. The first-order chi connectivity index (χ1) is 22.0. The highest BCUT2D eigenvalue weighted by atomic mass is 16.4. The van der Waals surface area contributed by atoms with E-state index in [1.54, 1.807) is 0 Å². The van der Waals surface area contributed by atoms with Gasteiger partial charge in [-0.25, -0.2) is 0 Å². The second kappa shape index (κ2) is 35.0. The maximum absolute atomic E-state index is 12.7. The summed E-state index contributed by atoms with van der Waals surface area (Å²) in [5, 5.41) is 14.8. The Morgan fingerprint density at radius 2 is 0.933 bits per heavy atom. The minimum absolute atomic E-state index is 0.123. The third-order valence-electron chi connectivity index (χ3n) is 8.79. The maximum atomic E-state index is 12.7. The van der Waals surface area contributed by atoms with Gasteiger partial charge >= 0.3 is 5.97 Å². The topological polar surface area (TPSA) is 95.5 Å². The number of carboxylic acids is 1. The molecule has 0 aromatic carbocycles. The van der Waals surface area contributed by atoms with Gasteiger partial charge in [0.25, 0.3) is 0 Å². The molecular weight excluding hydrogens is 560 g/mol. The van der Waals surface area contributed by atoms with Crippen molar-refractivity contribution in [1.82, 2.24) is 10.6 Å². The number of aliphatic carboxylic acids is 1. The normalized spacial score (nSPS) is 12.0. The van der Waals surface area contributed by atoms with Crippen LogP contribution in [0.4, 0.5) is 0 Å². The lowest BCUT2D eigenvalue weighted by atomic mass is 10.0. The molecule has 0 spiro atoms. The molecule has 1 atom stereocenters. The Morgan fingerprint density at radius 1 is 0.533 bits per heavy atom. The lowest BCUT2D eigenvalue weighted by Gasteiger charge is -2.18. The molecule has 0 fully saturated rings. The van der Waals surface area contributed by atoms with E-state index in [0.29, 0.717) is 13.0 Å². The lowest BCUT2D eigenvalue weighted by molar-refractivity contribution is -0.138. The van der Waals surface area contributed by atoms with Crippen LogP contribution in [0.2, 0.25) is 0 Å². The zero-order chi connectivity index (χ0) is 33.1. The van der Waals surface area contributed by atoms with Crippen molar-refractivity contribution < 1.29 is 19.5 Å². The van der Waals surface area contributed by atoms with Crippen molar-refractivity contribution in [2.75, 3.05) is 6.54 Å². The molecule has 0 aliphatic heterocycles. The molecule has 0 aliphatic rings. The van der Waals surface area contributed by atoms with Crippen molar-refractivity contribution in [3.05, 3.63) is 12.2 Å². The van der Waals surface area contributed by atoms with Crippen LogP contribution in [-0.2, 0) is 14.4 Å². The maximum Gasteiger partial charge on any atom is 0.303 e. The Morgan fingerprint density at radius 3 is 1.38 bits per heavy atom. The lowest BCUT2D eigenvalue weighted by Crippen LogP contribution is -2.47. The van der Waals surface area contributed by atoms with Gasteiger partial charge in [0, 0.05) is 19.4 Å². The van der Waals surface area contributed by atoms with E-state index < -0.39 is 12.0 Å². The molecule has 2 amide bonds. The monoisotopic (exact) mass is 635 g/mol. The minimum Gasteiger partial charge on any atom is -0.481 e. The van der Waals surface area contributed by atoms with Crippen molar-refractivity contribution >= 4 is 17.8 Å². The first-order valence-corrected chi connectivity index (χ1v) is 19.4. The van der Waals surface area contributed by atoms with Gasteiger partial charge in [0.2, 0.25) is 11.8 Å². The molecule has 0 saturated heterocycles. The molecule has 6 nitrogen and oxygen atoms in total. The number of hydrogen-bond donors (Lipinski definition) is 3. The molecule has 264 valence electrons. The summed E-state index contributed by atoms with van der Waals surface area (Å²) in [6.45, 7) is 5.09. The molecule has 0 rings (SSSR count). The number of carboxylic acid groups (broad SMARTS) is 1. The standard InChI is InChI=1S/C39H74N2O4/c1-3-5-7-9-11-13-15-17-19-20-22-24-26-28-30-32-37(42)41-36(33-34-38(43)44)39(45)40-35-31-29-27-25-23-21-18-16-14-12-10-8-6-4-2/h17,19,36H,3-16,18,20-35H2,1-2H3,(H,40,45)(H,41,42)(H,43,44)/b19-17-/t36-/m0/s1. The SMILES string of the molecule is CCCCCCCC/C=C\CCCCCCCC(=O)N[C@@H](CCC(=O)O)C(=O)NCCCCCCCCCCCCCCCC. The van der Waals surface area contributed by atoms with Gasteiger partial charge in [-0.05, 0) is 44.9 Å².